The fraction of sp³-hybridized carbons (Fsp3) is 0.579. The highest BCUT2D eigenvalue weighted by molar-refractivity contribution is 14.0. The van der Waals surface area contributed by atoms with Crippen LogP contribution < -0.4 is 10.6 Å². The molecule has 7 heteroatoms. The molecular weight excluding hydrogens is 439 g/mol. The monoisotopic (exact) mass is 470 g/mol. The Morgan fingerprint density at radius 3 is 2.88 bits per heavy atom. The third kappa shape index (κ3) is 4.88. The normalized spacial score (nSPS) is 18.1. The summed E-state index contributed by atoms with van der Waals surface area (Å²) in [5.41, 5.74) is 2.25. The van der Waals surface area contributed by atoms with Crippen molar-refractivity contribution in [1.29, 1.82) is 0 Å². The van der Waals surface area contributed by atoms with Crippen molar-refractivity contribution in [2.75, 3.05) is 33.2 Å². The highest BCUT2D eigenvalue weighted by Crippen LogP contribution is 2.16. The molecule has 0 saturated carbocycles. The van der Waals surface area contributed by atoms with Crippen molar-refractivity contribution in [2.24, 2.45) is 4.99 Å². The van der Waals surface area contributed by atoms with Crippen molar-refractivity contribution in [2.45, 2.75) is 39.3 Å². The van der Waals surface area contributed by atoms with Crippen LogP contribution in [0, 0.1) is 6.92 Å². The zero-order valence-corrected chi connectivity index (χ0v) is 18.4. The lowest BCUT2D eigenvalue weighted by Gasteiger charge is -2.24. The Morgan fingerprint density at radius 2 is 2.12 bits per heavy atom. The molecule has 1 aromatic carbocycles. The van der Waals surface area contributed by atoms with Gasteiger partial charge in [0.1, 0.15) is 5.82 Å². The molecule has 2 N–H and O–H groups in total. The summed E-state index contributed by atoms with van der Waals surface area (Å²) < 4.78 is 2.26. The number of aryl methyl sites for hydroxylation is 1. The number of nitrogens with zero attached hydrogens (tertiary/aromatic N) is 4. The van der Waals surface area contributed by atoms with E-state index >= 15 is 0 Å². The van der Waals surface area contributed by atoms with E-state index in [-0.39, 0.29) is 24.0 Å². The van der Waals surface area contributed by atoms with Gasteiger partial charge in [0.25, 0.3) is 0 Å². The number of para-hydroxylation sites is 2. The van der Waals surface area contributed by atoms with E-state index in [1.165, 1.54) is 24.9 Å². The van der Waals surface area contributed by atoms with Crippen molar-refractivity contribution in [1.82, 2.24) is 25.1 Å². The number of aliphatic imine (C=N–C) groups is 1. The standard InChI is InChI=1S/C19H30N6.HI/c1-4-24-12-7-8-16(24)14-22-19(20-3)21-11-13-25-15(2)23-17-9-5-6-10-18(17)25;/h5-6,9-10,16H,4,7-8,11-14H2,1-3H3,(H2,20,21,22);1H. The predicted octanol–water partition coefficient (Wildman–Crippen LogP) is 2.61. The lowest BCUT2D eigenvalue weighted by molar-refractivity contribution is 0.267. The molecule has 0 spiro atoms. The minimum absolute atomic E-state index is 0. The van der Waals surface area contributed by atoms with Gasteiger partial charge in [-0.1, -0.05) is 19.1 Å². The van der Waals surface area contributed by atoms with Crippen LogP contribution in [0.2, 0.25) is 0 Å². The Hall–Kier alpha value is -1.35. The van der Waals surface area contributed by atoms with Gasteiger partial charge in [-0.25, -0.2) is 4.98 Å². The van der Waals surface area contributed by atoms with E-state index in [1.54, 1.807) is 0 Å². The predicted molar refractivity (Wildman–Crippen MR) is 120 cm³/mol. The largest absolute Gasteiger partial charge is 0.355 e. The number of halogens is 1. The van der Waals surface area contributed by atoms with Gasteiger partial charge >= 0.3 is 0 Å². The van der Waals surface area contributed by atoms with Crippen molar-refractivity contribution >= 4 is 41.0 Å². The summed E-state index contributed by atoms with van der Waals surface area (Å²) in [6.07, 6.45) is 2.58. The minimum atomic E-state index is 0. The fourth-order valence-corrected chi connectivity index (χ4v) is 3.74. The van der Waals surface area contributed by atoms with Crippen LogP contribution in [0.25, 0.3) is 11.0 Å². The quantitative estimate of drug-likeness (QED) is 0.387. The highest BCUT2D eigenvalue weighted by Gasteiger charge is 2.22. The van der Waals surface area contributed by atoms with E-state index in [0.717, 1.165) is 43.5 Å². The maximum Gasteiger partial charge on any atom is 0.191 e. The number of fused-ring (bicyclic) bond motifs is 1. The number of nitrogens with one attached hydrogen (secondary N) is 2. The first-order chi connectivity index (χ1) is 12.2. The van der Waals surface area contributed by atoms with Crippen LogP contribution in [-0.2, 0) is 6.54 Å². The molecule has 1 aromatic heterocycles. The number of hydrogen-bond donors (Lipinski definition) is 2. The molecular formula is C19H31IN6. The van der Waals surface area contributed by atoms with E-state index in [1.807, 2.05) is 13.1 Å². The Kier molecular flexibility index (Phi) is 8.15. The summed E-state index contributed by atoms with van der Waals surface area (Å²) >= 11 is 0. The summed E-state index contributed by atoms with van der Waals surface area (Å²) in [7, 11) is 1.83. The topological polar surface area (TPSA) is 57.5 Å². The molecule has 1 saturated heterocycles. The Bertz CT molecular complexity index is 726. The smallest absolute Gasteiger partial charge is 0.191 e. The second-order valence-electron chi connectivity index (χ2n) is 6.60. The Morgan fingerprint density at radius 1 is 1.31 bits per heavy atom. The van der Waals surface area contributed by atoms with Crippen LogP contribution in [0.5, 0.6) is 0 Å². The zero-order valence-electron chi connectivity index (χ0n) is 16.0. The van der Waals surface area contributed by atoms with Crippen LogP contribution in [-0.4, -0.2) is 59.7 Å². The zero-order chi connectivity index (χ0) is 17.6. The average Bonchev–Trinajstić information content (AvgIpc) is 3.21. The first-order valence-corrected chi connectivity index (χ1v) is 9.33. The van der Waals surface area contributed by atoms with Gasteiger partial charge < -0.3 is 15.2 Å². The van der Waals surface area contributed by atoms with Gasteiger partial charge in [-0.15, -0.1) is 24.0 Å². The fourth-order valence-electron chi connectivity index (χ4n) is 3.74. The van der Waals surface area contributed by atoms with Crippen LogP contribution in [0.4, 0.5) is 0 Å². The molecule has 0 aliphatic carbocycles. The van der Waals surface area contributed by atoms with Crippen molar-refractivity contribution < 1.29 is 0 Å². The lowest BCUT2D eigenvalue weighted by Crippen LogP contribution is -2.45. The van der Waals surface area contributed by atoms with E-state index in [0.29, 0.717) is 6.04 Å². The molecule has 1 aliphatic heterocycles. The Balaban J connectivity index is 0.00000243. The number of aromatic nitrogens is 2. The maximum absolute atomic E-state index is 4.62. The van der Waals surface area contributed by atoms with Gasteiger partial charge in [0.15, 0.2) is 5.96 Å². The second kappa shape index (κ2) is 10.1. The van der Waals surface area contributed by atoms with E-state index < -0.39 is 0 Å². The van der Waals surface area contributed by atoms with Crippen LogP contribution in [0.1, 0.15) is 25.6 Å². The molecule has 3 rings (SSSR count). The molecule has 1 fully saturated rings. The lowest BCUT2D eigenvalue weighted by atomic mass is 10.2. The summed E-state index contributed by atoms with van der Waals surface area (Å²) in [6.45, 7) is 9.31. The highest BCUT2D eigenvalue weighted by atomic mass is 127. The molecule has 0 radical (unpaired) electrons. The van der Waals surface area contributed by atoms with E-state index in [2.05, 4.69) is 62.1 Å². The molecule has 0 bridgehead atoms. The summed E-state index contributed by atoms with van der Waals surface area (Å²) in [5, 5.41) is 6.91. The number of hydrogen-bond acceptors (Lipinski definition) is 3. The summed E-state index contributed by atoms with van der Waals surface area (Å²) in [5.74, 6) is 1.93. The average molecular weight is 470 g/mol. The number of guanidine groups is 1. The summed E-state index contributed by atoms with van der Waals surface area (Å²) in [4.78, 5) is 11.5. The minimum Gasteiger partial charge on any atom is -0.355 e. The van der Waals surface area contributed by atoms with Crippen molar-refractivity contribution in [3.63, 3.8) is 0 Å². The molecule has 26 heavy (non-hydrogen) atoms. The third-order valence-electron chi connectivity index (χ3n) is 5.11. The van der Waals surface area contributed by atoms with Crippen LogP contribution >= 0.6 is 24.0 Å². The molecule has 1 atom stereocenters. The molecule has 0 amide bonds. The number of likely N-dealkylation sites (N-methyl/N-ethyl adjacent to an activating group) is 1. The van der Waals surface area contributed by atoms with E-state index in [9.17, 15) is 0 Å². The first-order valence-electron chi connectivity index (χ1n) is 9.33. The molecule has 1 aliphatic rings. The molecule has 2 heterocycles. The molecule has 2 aromatic rings. The van der Waals surface area contributed by atoms with Gasteiger partial charge in [-0.2, -0.15) is 0 Å². The van der Waals surface area contributed by atoms with Gasteiger partial charge in [-0.05, 0) is 45.0 Å². The number of rotatable bonds is 6. The van der Waals surface area contributed by atoms with Crippen molar-refractivity contribution in [3.8, 4) is 0 Å². The van der Waals surface area contributed by atoms with Crippen molar-refractivity contribution in [3.05, 3.63) is 30.1 Å². The SMILES string of the molecule is CCN1CCCC1CNC(=NC)NCCn1c(C)nc2ccccc21.I. The van der Waals surface area contributed by atoms with Gasteiger partial charge in [-0.3, -0.25) is 9.89 Å². The third-order valence-corrected chi connectivity index (χ3v) is 5.11. The van der Waals surface area contributed by atoms with Gasteiger partial charge in [0.05, 0.1) is 11.0 Å². The number of imidazole rings is 1. The van der Waals surface area contributed by atoms with Gasteiger partial charge in [0, 0.05) is 32.7 Å². The van der Waals surface area contributed by atoms with Gasteiger partial charge in [0.2, 0.25) is 0 Å². The molecule has 1 unspecified atom stereocenters. The number of benzene rings is 1. The van der Waals surface area contributed by atoms with Crippen LogP contribution in [0.15, 0.2) is 29.3 Å². The van der Waals surface area contributed by atoms with Crippen LogP contribution in [0.3, 0.4) is 0 Å². The molecule has 6 nitrogen and oxygen atoms in total. The summed E-state index contributed by atoms with van der Waals surface area (Å²) in [6, 6.07) is 8.92. The van der Waals surface area contributed by atoms with E-state index in [4.69, 9.17) is 0 Å². The number of likely N-dealkylation sites (tertiary alicyclic amines) is 1. The maximum atomic E-state index is 4.62. The second-order valence-corrected chi connectivity index (χ2v) is 6.60. The molecule has 144 valence electrons. The first kappa shape index (κ1) is 21.0. The Labute approximate surface area is 173 Å².